The maximum atomic E-state index is 10.1. The quantitative estimate of drug-likeness (QED) is 0.445. The minimum atomic E-state index is -0.990. The standard InChI is InChI=1S/C6H9NO2/c1-3-5(6(8)9)7-4-2/h3-4H,1-2H3,(H,8,9). The molecule has 0 unspecified atom stereocenters. The van der Waals surface area contributed by atoms with Crippen LogP contribution < -0.4 is 0 Å². The Labute approximate surface area is 53.7 Å². The number of aliphatic carboxylic acids is 1. The van der Waals surface area contributed by atoms with Gasteiger partial charge in [0.15, 0.2) is 0 Å². The molecule has 1 N–H and O–H groups in total. The van der Waals surface area contributed by atoms with Crippen molar-refractivity contribution in [2.45, 2.75) is 13.8 Å². The highest BCUT2D eigenvalue weighted by Crippen LogP contribution is 1.93. The average Bonchev–Trinajstić information content (AvgIpc) is 1.82. The van der Waals surface area contributed by atoms with Crippen LogP contribution >= 0.6 is 0 Å². The van der Waals surface area contributed by atoms with Crippen molar-refractivity contribution >= 4 is 12.2 Å². The minimum Gasteiger partial charge on any atom is -0.477 e. The molecule has 0 aromatic rings. The molecule has 3 nitrogen and oxygen atoms in total. The van der Waals surface area contributed by atoms with E-state index in [9.17, 15) is 4.79 Å². The fourth-order valence-corrected chi connectivity index (χ4v) is 0.392. The van der Waals surface area contributed by atoms with Gasteiger partial charge in [0.25, 0.3) is 0 Å². The molecule has 0 amide bonds. The smallest absolute Gasteiger partial charge is 0.354 e. The summed E-state index contributed by atoms with van der Waals surface area (Å²) in [6, 6.07) is 0. The minimum absolute atomic E-state index is 0.0810. The van der Waals surface area contributed by atoms with Crippen molar-refractivity contribution in [3.05, 3.63) is 11.8 Å². The van der Waals surface area contributed by atoms with Crippen LogP contribution in [0.1, 0.15) is 13.8 Å². The summed E-state index contributed by atoms with van der Waals surface area (Å²) in [5.41, 5.74) is 0.0810. The van der Waals surface area contributed by atoms with E-state index in [1.165, 1.54) is 12.3 Å². The maximum Gasteiger partial charge on any atom is 0.354 e. The lowest BCUT2D eigenvalue weighted by Gasteiger charge is -1.88. The number of carboxylic acids is 1. The van der Waals surface area contributed by atoms with Gasteiger partial charge < -0.3 is 5.11 Å². The molecular formula is C6H9NO2. The summed E-state index contributed by atoms with van der Waals surface area (Å²) < 4.78 is 0. The number of allylic oxidation sites excluding steroid dienone is 1. The topological polar surface area (TPSA) is 49.7 Å². The van der Waals surface area contributed by atoms with Crippen molar-refractivity contribution in [3.63, 3.8) is 0 Å². The van der Waals surface area contributed by atoms with Gasteiger partial charge in [-0.05, 0) is 13.8 Å². The Morgan fingerprint density at radius 3 is 2.22 bits per heavy atom. The summed E-state index contributed by atoms with van der Waals surface area (Å²) in [5.74, 6) is -0.990. The fraction of sp³-hybridized carbons (Fsp3) is 0.333. The Morgan fingerprint density at radius 1 is 1.56 bits per heavy atom. The van der Waals surface area contributed by atoms with Gasteiger partial charge in [-0.2, -0.15) is 0 Å². The summed E-state index contributed by atoms with van der Waals surface area (Å²) in [7, 11) is 0. The maximum absolute atomic E-state index is 10.1. The first-order valence-electron chi connectivity index (χ1n) is 2.60. The van der Waals surface area contributed by atoms with Crippen molar-refractivity contribution in [2.75, 3.05) is 0 Å². The second-order valence-electron chi connectivity index (χ2n) is 1.37. The molecule has 9 heavy (non-hydrogen) atoms. The highest BCUT2D eigenvalue weighted by atomic mass is 16.4. The number of hydrogen-bond donors (Lipinski definition) is 1. The zero-order valence-corrected chi connectivity index (χ0v) is 5.46. The summed E-state index contributed by atoms with van der Waals surface area (Å²) >= 11 is 0. The van der Waals surface area contributed by atoms with Gasteiger partial charge in [-0.25, -0.2) is 4.79 Å². The summed E-state index contributed by atoms with van der Waals surface area (Å²) in [5, 5.41) is 8.32. The van der Waals surface area contributed by atoms with E-state index in [-0.39, 0.29) is 5.70 Å². The summed E-state index contributed by atoms with van der Waals surface area (Å²) in [6.07, 6.45) is 2.89. The molecule has 0 aliphatic rings. The zero-order valence-electron chi connectivity index (χ0n) is 5.46. The summed E-state index contributed by atoms with van der Waals surface area (Å²) in [4.78, 5) is 13.7. The van der Waals surface area contributed by atoms with Crippen molar-refractivity contribution in [3.8, 4) is 0 Å². The Hall–Kier alpha value is -1.12. The Balaban J connectivity index is 4.19. The van der Waals surface area contributed by atoms with Gasteiger partial charge in [0.05, 0.1) is 0 Å². The Kier molecular flexibility index (Phi) is 3.35. The first kappa shape index (κ1) is 7.88. The number of carboxylic acid groups (broad SMARTS) is 1. The molecule has 0 aromatic heterocycles. The second kappa shape index (κ2) is 3.83. The molecule has 0 rings (SSSR count). The molecule has 0 spiro atoms. The SMILES string of the molecule is CC=NC(=CC)C(=O)O. The monoisotopic (exact) mass is 127 g/mol. The van der Waals surface area contributed by atoms with Gasteiger partial charge in [0.1, 0.15) is 5.70 Å². The summed E-state index contributed by atoms with van der Waals surface area (Å²) in [6.45, 7) is 3.31. The lowest BCUT2D eigenvalue weighted by molar-refractivity contribution is -0.132. The van der Waals surface area contributed by atoms with E-state index in [0.29, 0.717) is 0 Å². The molecule has 0 fully saturated rings. The first-order chi connectivity index (χ1) is 4.22. The number of rotatable bonds is 2. The normalized spacial score (nSPS) is 12.4. The number of carbonyl (C=O) groups is 1. The van der Waals surface area contributed by atoms with Crippen LogP contribution in [0.25, 0.3) is 0 Å². The third-order valence-corrected chi connectivity index (χ3v) is 0.761. The molecule has 0 saturated heterocycles. The highest BCUT2D eigenvalue weighted by Gasteiger charge is 1.99. The molecule has 0 aliphatic carbocycles. The van der Waals surface area contributed by atoms with Crippen LogP contribution in [-0.4, -0.2) is 17.3 Å². The second-order valence-corrected chi connectivity index (χ2v) is 1.37. The van der Waals surface area contributed by atoms with E-state index in [1.807, 2.05) is 0 Å². The lowest BCUT2D eigenvalue weighted by atomic mass is 10.4. The zero-order chi connectivity index (χ0) is 7.28. The van der Waals surface area contributed by atoms with Crippen LogP contribution in [0.2, 0.25) is 0 Å². The van der Waals surface area contributed by atoms with Crippen LogP contribution in [-0.2, 0) is 4.79 Å². The van der Waals surface area contributed by atoms with Gasteiger partial charge in [0, 0.05) is 6.21 Å². The van der Waals surface area contributed by atoms with E-state index < -0.39 is 5.97 Å². The largest absolute Gasteiger partial charge is 0.477 e. The number of hydrogen-bond acceptors (Lipinski definition) is 2. The van der Waals surface area contributed by atoms with E-state index in [2.05, 4.69) is 4.99 Å². The van der Waals surface area contributed by atoms with Gasteiger partial charge in [0.2, 0.25) is 0 Å². The molecule has 0 aliphatic heterocycles. The van der Waals surface area contributed by atoms with Crippen LogP contribution in [0.5, 0.6) is 0 Å². The molecule has 0 radical (unpaired) electrons. The third-order valence-electron chi connectivity index (χ3n) is 0.761. The lowest BCUT2D eigenvalue weighted by Crippen LogP contribution is -1.96. The van der Waals surface area contributed by atoms with E-state index in [0.717, 1.165) is 0 Å². The van der Waals surface area contributed by atoms with Crippen molar-refractivity contribution in [1.29, 1.82) is 0 Å². The van der Waals surface area contributed by atoms with E-state index in [1.54, 1.807) is 13.8 Å². The van der Waals surface area contributed by atoms with Gasteiger partial charge in [-0.3, -0.25) is 4.99 Å². The molecule has 0 saturated carbocycles. The van der Waals surface area contributed by atoms with Gasteiger partial charge >= 0.3 is 5.97 Å². The predicted octanol–water partition coefficient (Wildman–Crippen LogP) is 1.07. The molecule has 0 bridgehead atoms. The molecule has 0 aromatic carbocycles. The van der Waals surface area contributed by atoms with Crippen molar-refractivity contribution in [1.82, 2.24) is 0 Å². The third kappa shape index (κ3) is 2.64. The number of aliphatic imine (C=N–C) groups is 1. The molecule has 0 heterocycles. The van der Waals surface area contributed by atoms with Crippen LogP contribution in [0.3, 0.4) is 0 Å². The molecule has 50 valence electrons. The van der Waals surface area contributed by atoms with Gasteiger partial charge in [-0.1, -0.05) is 6.08 Å². The predicted molar refractivity (Wildman–Crippen MR) is 35.6 cm³/mol. The Bertz CT molecular complexity index is 158. The van der Waals surface area contributed by atoms with E-state index in [4.69, 9.17) is 5.11 Å². The van der Waals surface area contributed by atoms with Gasteiger partial charge in [-0.15, -0.1) is 0 Å². The highest BCUT2D eigenvalue weighted by molar-refractivity contribution is 5.87. The van der Waals surface area contributed by atoms with Crippen LogP contribution in [0.4, 0.5) is 0 Å². The van der Waals surface area contributed by atoms with Crippen LogP contribution in [0.15, 0.2) is 16.8 Å². The Morgan fingerprint density at radius 2 is 2.11 bits per heavy atom. The van der Waals surface area contributed by atoms with Crippen molar-refractivity contribution < 1.29 is 9.90 Å². The molecular weight excluding hydrogens is 118 g/mol. The molecule has 3 heteroatoms. The number of nitrogens with zero attached hydrogens (tertiary/aromatic N) is 1. The average molecular weight is 127 g/mol. The van der Waals surface area contributed by atoms with E-state index >= 15 is 0 Å². The first-order valence-corrected chi connectivity index (χ1v) is 2.60. The fourth-order valence-electron chi connectivity index (χ4n) is 0.392. The van der Waals surface area contributed by atoms with Crippen molar-refractivity contribution in [2.24, 2.45) is 4.99 Å². The van der Waals surface area contributed by atoms with Crippen LogP contribution in [0, 0.1) is 0 Å². The molecule has 0 atom stereocenters.